The number of aromatic hydroxyl groups is 1. The Morgan fingerprint density at radius 2 is 2.07 bits per heavy atom. The summed E-state index contributed by atoms with van der Waals surface area (Å²) >= 11 is 0. The molecule has 0 amide bonds. The molecule has 0 aliphatic rings. The highest BCUT2D eigenvalue weighted by Gasteiger charge is 2.06. The molecule has 3 nitrogen and oxygen atoms in total. The minimum atomic E-state index is -0.386. The lowest BCUT2D eigenvalue weighted by Gasteiger charge is -2.05. The van der Waals surface area contributed by atoms with E-state index in [0.717, 1.165) is 22.9 Å². The molecular formula is C12H12O3. The molecule has 1 aromatic heterocycles. The molecule has 2 aromatic rings. The third-order valence-electron chi connectivity index (χ3n) is 2.53. The Hall–Kier alpha value is -1.77. The second-order valence-electron chi connectivity index (χ2n) is 3.58. The van der Waals surface area contributed by atoms with Crippen LogP contribution >= 0.6 is 0 Å². The maximum Gasteiger partial charge on any atom is 0.336 e. The Bertz CT molecular complexity index is 567. The number of phenols is 1. The van der Waals surface area contributed by atoms with E-state index in [0.29, 0.717) is 5.58 Å². The van der Waals surface area contributed by atoms with E-state index < -0.39 is 0 Å². The van der Waals surface area contributed by atoms with Gasteiger partial charge in [0.1, 0.15) is 11.3 Å². The summed E-state index contributed by atoms with van der Waals surface area (Å²) < 4.78 is 5.01. The Kier molecular flexibility index (Phi) is 2.23. The number of fused-ring (bicyclic) bond motifs is 1. The van der Waals surface area contributed by atoms with E-state index >= 15 is 0 Å². The van der Waals surface area contributed by atoms with Gasteiger partial charge in [-0.2, -0.15) is 0 Å². The van der Waals surface area contributed by atoms with Gasteiger partial charge in [-0.1, -0.05) is 6.92 Å². The largest absolute Gasteiger partial charge is 0.508 e. The zero-order valence-corrected chi connectivity index (χ0v) is 8.70. The second kappa shape index (κ2) is 3.42. The Morgan fingerprint density at radius 1 is 1.33 bits per heavy atom. The van der Waals surface area contributed by atoms with E-state index in [1.165, 1.54) is 12.1 Å². The third kappa shape index (κ3) is 1.61. The molecule has 1 aromatic carbocycles. The van der Waals surface area contributed by atoms with Gasteiger partial charge < -0.3 is 9.52 Å². The molecule has 1 N–H and O–H groups in total. The van der Waals surface area contributed by atoms with Crippen molar-refractivity contribution in [2.24, 2.45) is 0 Å². The van der Waals surface area contributed by atoms with Crippen molar-refractivity contribution in [1.29, 1.82) is 0 Å². The fourth-order valence-electron chi connectivity index (χ4n) is 1.68. The van der Waals surface area contributed by atoms with Crippen molar-refractivity contribution < 1.29 is 9.52 Å². The summed E-state index contributed by atoms with van der Waals surface area (Å²) in [5.41, 5.74) is 1.79. The maximum atomic E-state index is 11.1. The van der Waals surface area contributed by atoms with Crippen LogP contribution in [0, 0.1) is 6.92 Å². The first-order valence-corrected chi connectivity index (χ1v) is 4.88. The highest BCUT2D eigenvalue weighted by Crippen LogP contribution is 2.26. The average Bonchev–Trinajstić information content (AvgIpc) is 2.16. The highest BCUT2D eigenvalue weighted by atomic mass is 16.4. The van der Waals surface area contributed by atoms with Gasteiger partial charge in [0.25, 0.3) is 0 Å². The normalized spacial score (nSPS) is 10.8. The molecule has 78 valence electrons. The number of benzene rings is 1. The SMILES string of the molecule is CCc1cc2c(C)cc(=O)oc2cc1O. The summed E-state index contributed by atoms with van der Waals surface area (Å²) in [6.07, 6.45) is 0.750. The van der Waals surface area contributed by atoms with Crippen LogP contribution in [-0.2, 0) is 6.42 Å². The second-order valence-corrected chi connectivity index (χ2v) is 3.58. The van der Waals surface area contributed by atoms with Crippen LogP contribution < -0.4 is 5.63 Å². The fraction of sp³-hybridized carbons (Fsp3) is 0.250. The van der Waals surface area contributed by atoms with Gasteiger partial charge in [0.2, 0.25) is 0 Å². The molecule has 0 radical (unpaired) electrons. The van der Waals surface area contributed by atoms with E-state index in [9.17, 15) is 9.90 Å². The number of aryl methyl sites for hydroxylation is 2. The summed E-state index contributed by atoms with van der Waals surface area (Å²) in [7, 11) is 0. The summed E-state index contributed by atoms with van der Waals surface area (Å²) in [6.45, 7) is 3.82. The van der Waals surface area contributed by atoms with Crippen molar-refractivity contribution >= 4 is 11.0 Å². The highest BCUT2D eigenvalue weighted by molar-refractivity contribution is 5.82. The first kappa shape index (κ1) is 9.77. The van der Waals surface area contributed by atoms with Crippen molar-refractivity contribution in [2.75, 3.05) is 0 Å². The number of hydrogen-bond acceptors (Lipinski definition) is 3. The van der Waals surface area contributed by atoms with Crippen LogP contribution in [-0.4, -0.2) is 5.11 Å². The lowest BCUT2D eigenvalue weighted by atomic mass is 10.1. The smallest absolute Gasteiger partial charge is 0.336 e. The van der Waals surface area contributed by atoms with Crippen LogP contribution in [0.3, 0.4) is 0 Å². The lowest BCUT2D eigenvalue weighted by molar-refractivity contribution is 0.466. The number of hydrogen-bond donors (Lipinski definition) is 1. The van der Waals surface area contributed by atoms with Crippen LogP contribution in [0.4, 0.5) is 0 Å². The van der Waals surface area contributed by atoms with Gasteiger partial charge in [-0.05, 0) is 30.5 Å². The first-order valence-electron chi connectivity index (χ1n) is 4.88. The molecule has 0 saturated carbocycles. The molecule has 1 heterocycles. The van der Waals surface area contributed by atoms with Gasteiger partial charge in [-0.25, -0.2) is 4.79 Å². The van der Waals surface area contributed by atoms with Crippen LogP contribution in [0.5, 0.6) is 5.75 Å². The summed E-state index contributed by atoms with van der Waals surface area (Å²) in [4.78, 5) is 11.1. The summed E-state index contributed by atoms with van der Waals surface area (Å²) in [6, 6.07) is 4.82. The van der Waals surface area contributed by atoms with Crippen molar-refractivity contribution in [3.63, 3.8) is 0 Å². The monoisotopic (exact) mass is 204 g/mol. The Morgan fingerprint density at radius 3 is 2.73 bits per heavy atom. The van der Waals surface area contributed by atoms with Gasteiger partial charge in [0.15, 0.2) is 0 Å². The summed E-state index contributed by atoms with van der Waals surface area (Å²) in [5, 5.41) is 10.5. The van der Waals surface area contributed by atoms with E-state index in [1.54, 1.807) is 0 Å². The molecule has 0 atom stereocenters. The van der Waals surface area contributed by atoms with E-state index in [-0.39, 0.29) is 11.4 Å². The molecule has 2 rings (SSSR count). The molecule has 0 saturated heterocycles. The maximum absolute atomic E-state index is 11.1. The fourth-order valence-corrected chi connectivity index (χ4v) is 1.68. The van der Waals surface area contributed by atoms with Crippen molar-refractivity contribution in [3.05, 3.63) is 39.7 Å². The first-order chi connectivity index (χ1) is 7.11. The Balaban J connectivity index is 2.87. The van der Waals surface area contributed by atoms with Gasteiger partial charge in [0.05, 0.1) is 0 Å². The van der Waals surface area contributed by atoms with Crippen LogP contribution in [0.2, 0.25) is 0 Å². The minimum Gasteiger partial charge on any atom is -0.508 e. The molecular weight excluding hydrogens is 192 g/mol. The van der Waals surface area contributed by atoms with Crippen LogP contribution in [0.15, 0.2) is 27.4 Å². The van der Waals surface area contributed by atoms with E-state index in [1.807, 2.05) is 19.9 Å². The predicted octanol–water partition coefficient (Wildman–Crippen LogP) is 2.37. The van der Waals surface area contributed by atoms with Gasteiger partial charge in [-0.15, -0.1) is 0 Å². The molecule has 0 fully saturated rings. The quantitative estimate of drug-likeness (QED) is 0.725. The van der Waals surface area contributed by atoms with E-state index in [2.05, 4.69) is 0 Å². The molecule has 0 spiro atoms. The third-order valence-corrected chi connectivity index (χ3v) is 2.53. The van der Waals surface area contributed by atoms with Crippen molar-refractivity contribution in [1.82, 2.24) is 0 Å². The average molecular weight is 204 g/mol. The van der Waals surface area contributed by atoms with Crippen LogP contribution in [0.25, 0.3) is 11.0 Å². The van der Waals surface area contributed by atoms with Crippen molar-refractivity contribution in [2.45, 2.75) is 20.3 Å². The predicted molar refractivity (Wildman–Crippen MR) is 58.3 cm³/mol. The molecule has 0 aliphatic carbocycles. The lowest BCUT2D eigenvalue weighted by Crippen LogP contribution is -1.98. The molecule has 0 bridgehead atoms. The molecule has 3 heteroatoms. The zero-order chi connectivity index (χ0) is 11.0. The minimum absolute atomic E-state index is 0.179. The number of phenolic OH excluding ortho intramolecular Hbond substituents is 1. The summed E-state index contributed by atoms with van der Waals surface area (Å²) in [5.74, 6) is 0.179. The molecule has 0 unspecified atom stereocenters. The zero-order valence-electron chi connectivity index (χ0n) is 8.70. The standard InChI is InChI=1S/C12H12O3/c1-3-8-5-9-7(2)4-12(14)15-11(9)6-10(8)13/h4-6,13H,3H2,1-2H3. The van der Waals surface area contributed by atoms with Crippen molar-refractivity contribution in [3.8, 4) is 5.75 Å². The van der Waals surface area contributed by atoms with Gasteiger partial charge in [0, 0.05) is 17.5 Å². The van der Waals surface area contributed by atoms with E-state index in [4.69, 9.17) is 4.42 Å². The topological polar surface area (TPSA) is 50.4 Å². The molecule has 0 aliphatic heterocycles. The molecule has 15 heavy (non-hydrogen) atoms. The van der Waals surface area contributed by atoms with Gasteiger partial charge >= 0.3 is 5.63 Å². The van der Waals surface area contributed by atoms with Gasteiger partial charge in [-0.3, -0.25) is 0 Å². The Labute approximate surface area is 87.0 Å². The van der Waals surface area contributed by atoms with Crippen LogP contribution in [0.1, 0.15) is 18.1 Å². The number of rotatable bonds is 1.